The van der Waals surface area contributed by atoms with Crippen LogP contribution >= 0.6 is 7.60 Å². The average molecular weight is 176 g/mol. The molecule has 0 spiro atoms. The van der Waals surface area contributed by atoms with Crippen LogP contribution in [0.5, 0.6) is 0 Å². The van der Waals surface area contributed by atoms with Crippen molar-refractivity contribution in [2.24, 2.45) is 0 Å². The lowest BCUT2D eigenvalue weighted by Crippen LogP contribution is -1.73. The number of hydrogen-bond donors (Lipinski definition) is 2. The quantitative estimate of drug-likeness (QED) is 0.509. The monoisotopic (exact) mass is 176 g/mol. The zero-order chi connectivity index (χ0) is 8.91. The Kier molecular flexibility index (Phi) is 4.34. The molecule has 11 heavy (non-hydrogen) atoms. The Balaban J connectivity index is 3.63. The molecular weight excluding hydrogens is 163 g/mol. The van der Waals surface area contributed by atoms with Gasteiger partial charge in [-0.1, -0.05) is 11.6 Å². The first kappa shape index (κ1) is 10.6. The van der Waals surface area contributed by atoms with Crippen molar-refractivity contribution in [3.05, 3.63) is 24.0 Å². The van der Waals surface area contributed by atoms with E-state index in [0.29, 0.717) is 6.42 Å². The Morgan fingerprint density at radius 3 is 2.55 bits per heavy atom. The van der Waals surface area contributed by atoms with Crippen LogP contribution in [0.2, 0.25) is 0 Å². The SMILES string of the molecule is C=C(C)CCC=CP(=O)(O)O. The van der Waals surface area contributed by atoms with Crippen LogP contribution < -0.4 is 0 Å². The predicted molar refractivity (Wildman–Crippen MR) is 45.2 cm³/mol. The third-order valence-corrected chi connectivity index (χ3v) is 1.64. The molecular formula is C7H13O3P. The van der Waals surface area contributed by atoms with Gasteiger partial charge >= 0.3 is 7.60 Å². The highest BCUT2D eigenvalue weighted by molar-refractivity contribution is 7.55. The van der Waals surface area contributed by atoms with Crippen LogP contribution in [0.3, 0.4) is 0 Å². The fourth-order valence-electron chi connectivity index (χ4n) is 0.542. The predicted octanol–water partition coefficient (Wildman–Crippen LogP) is 2.03. The molecule has 0 aromatic heterocycles. The van der Waals surface area contributed by atoms with Crippen LogP contribution in [0.25, 0.3) is 0 Å². The van der Waals surface area contributed by atoms with E-state index < -0.39 is 7.60 Å². The third-order valence-electron chi connectivity index (χ3n) is 1.04. The second kappa shape index (κ2) is 4.50. The van der Waals surface area contributed by atoms with Gasteiger partial charge in [0.25, 0.3) is 0 Å². The minimum Gasteiger partial charge on any atom is -0.321 e. The first-order valence-corrected chi connectivity index (χ1v) is 4.97. The maximum Gasteiger partial charge on any atom is 0.348 e. The smallest absolute Gasteiger partial charge is 0.321 e. The zero-order valence-electron chi connectivity index (χ0n) is 6.53. The number of allylic oxidation sites excluding steroid dienone is 2. The molecule has 0 aliphatic heterocycles. The second-order valence-electron chi connectivity index (χ2n) is 2.47. The lowest BCUT2D eigenvalue weighted by Gasteiger charge is -1.94. The van der Waals surface area contributed by atoms with E-state index in [0.717, 1.165) is 17.8 Å². The van der Waals surface area contributed by atoms with E-state index >= 15 is 0 Å². The maximum absolute atomic E-state index is 10.3. The largest absolute Gasteiger partial charge is 0.348 e. The van der Waals surface area contributed by atoms with E-state index in [9.17, 15) is 4.57 Å². The Bertz CT molecular complexity index is 202. The molecule has 0 aromatic carbocycles. The summed E-state index contributed by atoms with van der Waals surface area (Å²) >= 11 is 0. The number of hydrogen-bond acceptors (Lipinski definition) is 1. The van der Waals surface area contributed by atoms with E-state index in [-0.39, 0.29) is 0 Å². The molecule has 0 radical (unpaired) electrons. The normalized spacial score (nSPS) is 12.3. The van der Waals surface area contributed by atoms with Gasteiger partial charge in [0, 0.05) is 5.82 Å². The minimum absolute atomic E-state index is 0.639. The standard InChI is InChI=1S/C7H13O3P/c1-7(2)5-3-4-6-11(8,9)10/h4,6H,1,3,5H2,2H3,(H2,8,9,10). The summed E-state index contributed by atoms with van der Waals surface area (Å²) < 4.78 is 10.3. The van der Waals surface area contributed by atoms with Gasteiger partial charge in [-0.2, -0.15) is 0 Å². The fourth-order valence-corrected chi connectivity index (χ4v) is 0.965. The lowest BCUT2D eigenvalue weighted by atomic mass is 10.2. The van der Waals surface area contributed by atoms with Crippen LogP contribution in [0, 0.1) is 0 Å². The topological polar surface area (TPSA) is 57.5 Å². The molecule has 0 aliphatic rings. The van der Waals surface area contributed by atoms with Gasteiger partial charge in [0.15, 0.2) is 0 Å². The van der Waals surface area contributed by atoms with Crippen molar-refractivity contribution in [1.82, 2.24) is 0 Å². The van der Waals surface area contributed by atoms with Crippen molar-refractivity contribution in [3.8, 4) is 0 Å². The Morgan fingerprint density at radius 2 is 2.18 bits per heavy atom. The third kappa shape index (κ3) is 9.63. The molecule has 0 saturated carbocycles. The molecule has 0 unspecified atom stereocenters. The fraction of sp³-hybridized carbons (Fsp3) is 0.429. The van der Waals surface area contributed by atoms with E-state index in [1.54, 1.807) is 0 Å². The van der Waals surface area contributed by atoms with E-state index in [1.807, 2.05) is 6.92 Å². The molecule has 0 rings (SSSR count). The Morgan fingerprint density at radius 1 is 1.64 bits per heavy atom. The molecule has 3 nitrogen and oxygen atoms in total. The highest BCUT2D eigenvalue weighted by Gasteiger charge is 2.03. The van der Waals surface area contributed by atoms with Crippen LogP contribution in [0.1, 0.15) is 19.8 Å². The summed E-state index contributed by atoms with van der Waals surface area (Å²) in [5.41, 5.74) is 1.01. The Labute approximate surface area is 66.6 Å². The molecule has 0 aromatic rings. The van der Waals surface area contributed by atoms with Crippen LogP contribution in [0.4, 0.5) is 0 Å². The zero-order valence-corrected chi connectivity index (χ0v) is 7.42. The molecule has 0 fully saturated rings. The van der Waals surface area contributed by atoms with Crippen molar-refractivity contribution in [3.63, 3.8) is 0 Å². The molecule has 0 saturated heterocycles. The summed E-state index contributed by atoms with van der Waals surface area (Å²) in [6, 6.07) is 0. The second-order valence-corrected chi connectivity index (χ2v) is 3.95. The molecule has 0 aliphatic carbocycles. The lowest BCUT2D eigenvalue weighted by molar-refractivity contribution is 0.386. The molecule has 4 heteroatoms. The summed E-state index contributed by atoms with van der Waals surface area (Å²) in [5.74, 6) is 0.927. The van der Waals surface area contributed by atoms with Crippen molar-refractivity contribution in [1.29, 1.82) is 0 Å². The van der Waals surface area contributed by atoms with Gasteiger partial charge in [0.2, 0.25) is 0 Å². The van der Waals surface area contributed by atoms with Crippen LogP contribution in [-0.2, 0) is 4.57 Å². The highest BCUT2D eigenvalue weighted by atomic mass is 31.2. The molecule has 0 heterocycles. The summed E-state index contributed by atoms with van der Waals surface area (Å²) in [7, 11) is -3.94. The van der Waals surface area contributed by atoms with Gasteiger partial charge in [0.05, 0.1) is 0 Å². The van der Waals surface area contributed by atoms with Crippen molar-refractivity contribution < 1.29 is 14.4 Å². The molecule has 64 valence electrons. The summed E-state index contributed by atoms with van der Waals surface area (Å²) in [4.78, 5) is 16.8. The van der Waals surface area contributed by atoms with E-state index in [4.69, 9.17) is 9.79 Å². The first-order chi connectivity index (χ1) is 4.92. The average Bonchev–Trinajstić information content (AvgIpc) is 1.78. The van der Waals surface area contributed by atoms with Gasteiger partial charge in [0.1, 0.15) is 0 Å². The van der Waals surface area contributed by atoms with Gasteiger partial charge in [-0.3, -0.25) is 4.57 Å². The number of rotatable bonds is 4. The van der Waals surface area contributed by atoms with Gasteiger partial charge in [-0.25, -0.2) is 0 Å². The van der Waals surface area contributed by atoms with Crippen LogP contribution in [0.15, 0.2) is 24.0 Å². The van der Waals surface area contributed by atoms with E-state index in [1.165, 1.54) is 6.08 Å². The Hall–Kier alpha value is -0.370. The summed E-state index contributed by atoms with van der Waals surface area (Å²) in [5, 5.41) is 0. The molecule has 2 N–H and O–H groups in total. The highest BCUT2D eigenvalue weighted by Crippen LogP contribution is 2.36. The van der Waals surface area contributed by atoms with Gasteiger partial charge < -0.3 is 9.79 Å². The van der Waals surface area contributed by atoms with Crippen LogP contribution in [-0.4, -0.2) is 9.79 Å². The van der Waals surface area contributed by atoms with Gasteiger partial charge in [-0.15, -0.1) is 6.58 Å². The van der Waals surface area contributed by atoms with Crippen molar-refractivity contribution >= 4 is 7.60 Å². The van der Waals surface area contributed by atoms with Gasteiger partial charge in [-0.05, 0) is 19.8 Å². The molecule has 0 amide bonds. The summed E-state index contributed by atoms with van der Waals surface area (Å²) in [6.07, 6.45) is 2.90. The minimum atomic E-state index is -3.94. The first-order valence-electron chi connectivity index (χ1n) is 3.29. The summed E-state index contributed by atoms with van der Waals surface area (Å²) in [6.45, 7) is 5.54. The molecule has 0 atom stereocenters. The van der Waals surface area contributed by atoms with Crippen molar-refractivity contribution in [2.45, 2.75) is 19.8 Å². The van der Waals surface area contributed by atoms with Crippen molar-refractivity contribution in [2.75, 3.05) is 0 Å². The van der Waals surface area contributed by atoms with E-state index in [2.05, 4.69) is 6.58 Å². The molecule has 0 bridgehead atoms. The maximum atomic E-state index is 10.3.